The molecule has 2 aliphatic heterocycles. The molecule has 0 aliphatic carbocycles. The van der Waals surface area contributed by atoms with Crippen molar-refractivity contribution in [3.63, 3.8) is 0 Å². The fourth-order valence-corrected chi connectivity index (χ4v) is 5.47. The summed E-state index contributed by atoms with van der Waals surface area (Å²) in [7, 11) is 0. The number of hydrogen-bond acceptors (Lipinski definition) is 4. The Hall–Kier alpha value is -3.95. The molecular formula is C29H30F3N5O2. The minimum atomic E-state index is -2.92. The molecule has 4 heterocycles. The standard InChI is InChI=1S/C29H30F3N5O2/c1-16-7-8-17(2)26(30)25(16)19-10-12-36(24(38)14-19)23-6-4-5-18(3)28(39)35-22-15-34-37(29(31)32)27(22)20-9-11-33-21(23)13-20/h7-9,11,13-15,18,23,29H,4-6,10,12H2,1-3H3,(H,35,39)/t18-,23+/m1/s1. The van der Waals surface area contributed by atoms with Crippen LogP contribution in [0.4, 0.5) is 18.9 Å². The first-order valence-electron chi connectivity index (χ1n) is 13.1. The topological polar surface area (TPSA) is 80.1 Å². The quantitative estimate of drug-likeness (QED) is 0.431. The summed E-state index contributed by atoms with van der Waals surface area (Å²) in [5.41, 5.74) is 3.64. The second kappa shape index (κ2) is 10.7. The molecule has 7 nitrogen and oxygen atoms in total. The van der Waals surface area contributed by atoms with Gasteiger partial charge in [0.1, 0.15) is 5.82 Å². The molecule has 10 heteroatoms. The maximum atomic E-state index is 15.0. The molecule has 2 aromatic heterocycles. The van der Waals surface area contributed by atoms with Crippen LogP contribution >= 0.6 is 0 Å². The van der Waals surface area contributed by atoms with Gasteiger partial charge >= 0.3 is 6.55 Å². The highest BCUT2D eigenvalue weighted by atomic mass is 19.3. The van der Waals surface area contributed by atoms with E-state index in [9.17, 15) is 18.4 Å². The van der Waals surface area contributed by atoms with Gasteiger partial charge in [0.25, 0.3) is 0 Å². The summed E-state index contributed by atoms with van der Waals surface area (Å²) in [4.78, 5) is 32.6. The summed E-state index contributed by atoms with van der Waals surface area (Å²) < 4.78 is 43.3. The zero-order valence-electron chi connectivity index (χ0n) is 22.0. The number of aryl methyl sites for hydroxylation is 2. The molecule has 0 radical (unpaired) electrons. The van der Waals surface area contributed by atoms with Gasteiger partial charge in [-0.1, -0.05) is 25.5 Å². The van der Waals surface area contributed by atoms with Crippen molar-refractivity contribution < 1.29 is 22.8 Å². The lowest BCUT2D eigenvalue weighted by Crippen LogP contribution is -2.38. The number of amides is 2. The SMILES string of the molecule is Cc1ccc(C)c(C2=CC(=O)N([C@H]3CCC[C@@H](C)C(=O)Nc4cnn(C(F)F)c4-c4ccnc3c4)CC2)c1F. The normalized spacial score (nSPS) is 20.2. The number of nitrogens with one attached hydrogen (secondary N) is 1. The molecule has 0 fully saturated rings. The molecule has 2 atom stereocenters. The predicted octanol–water partition coefficient (Wildman–Crippen LogP) is 6.21. The Morgan fingerprint density at radius 2 is 1.87 bits per heavy atom. The summed E-state index contributed by atoms with van der Waals surface area (Å²) in [6.45, 7) is 2.75. The van der Waals surface area contributed by atoms with Crippen LogP contribution in [-0.4, -0.2) is 38.0 Å². The Kier molecular flexibility index (Phi) is 7.29. The van der Waals surface area contributed by atoms with E-state index in [1.807, 2.05) is 13.0 Å². The molecule has 0 spiro atoms. The van der Waals surface area contributed by atoms with Crippen molar-refractivity contribution in [2.45, 2.75) is 59.0 Å². The van der Waals surface area contributed by atoms with Crippen molar-refractivity contribution in [3.8, 4) is 11.3 Å². The first kappa shape index (κ1) is 26.6. The number of carbonyl (C=O) groups excluding carboxylic acids is 2. The highest BCUT2D eigenvalue weighted by Crippen LogP contribution is 2.37. The summed E-state index contributed by atoms with van der Waals surface area (Å²) >= 11 is 0. The fraction of sp³-hybridized carbons (Fsp3) is 0.379. The van der Waals surface area contributed by atoms with Gasteiger partial charge in [-0.25, -0.2) is 9.07 Å². The van der Waals surface area contributed by atoms with Crippen molar-refractivity contribution in [3.05, 3.63) is 70.9 Å². The zero-order chi connectivity index (χ0) is 27.8. The third kappa shape index (κ3) is 5.07. The molecule has 0 saturated carbocycles. The van der Waals surface area contributed by atoms with Gasteiger partial charge in [0, 0.05) is 35.9 Å². The van der Waals surface area contributed by atoms with Crippen LogP contribution in [-0.2, 0) is 9.59 Å². The van der Waals surface area contributed by atoms with Crippen LogP contribution in [0.15, 0.2) is 42.7 Å². The van der Waals surface area contributed by atoms with Crippen molar-refractivity contribution in [2.75, 3.05) is 11.9 Å². The van der Waals surface area contributed by atoms with E-state index in [1.165, 1.54) is 18.5 Å². The van der Waals surface area contributed by atoms with Crippen LogP contribution < -0.4 is 5.32 Å². The Morgan fingerprint density at radius 1 is 1.10 bits per heavy atom. The minimum absolute atomic E-state index is 0.0751. The van der Waals surface area contributed by atoms with Gasteiger partial charge in [-0.2, -0.15) is 13.9 Å². The Morgan fingerprint density at radius 3 is 2.62 bits per heavy atom. The Labute approximate surface area is 224 Å². The maximum Gasteiger partial charge on any atom is 0.333 e. The van der Waals surface area contributed by atoms with Crippen LogP contribution in [0.1, 0.15) is 67.6 Å². The zero-order valence-corrected chi connectivity index (χ0v) is 22.0. The van der Waals surface area contributed by atoms with Crippen LogP contribution in [0.5, 0.6) is 0 Å². The third-order valence-corrected chi connectivity index (χ3v) is 7.64. The number of benzene rings is 1. The lowest BCUT2D eigenvalue weighted by molar-refractivity contribution is -0.129. The second-order valence-corrected chi connectivity index (χ2v) is 10.3. The van der Waals surface area contributed by atoms with Crippen LogP contribution in [0, 0.1) is 25.6 Å². The largest absolute Gasteiger partial charge is 0.333 e. The van der Waals surface area contributed by atoms with E-state index in [0.29, 0.717) is 64.9 Å². The molecule has 39 heavy (non-hydrogen) atoms. The molecule has 3 aromatic rings. The second-order valence-electron chi connectivity index (χ2n) is 10.3. The number of anilines is 1. The third-order valence-electron chi connectivity index (χ3n) is 7.64. The van der Waals surface area contributed by atoms with Crippen molar-refractivity contribution in [2.24, 2.45) is 5.92 Å². The predicted molar refractivity (Wildman–Crippen MR) is 141 cm³/mol. The van der Waals surface area contributed by atoms with E-state index in [4.69, 9.17) is 0 Å². The highest BCUT2D eigenvalue weighted by Gasteiger charge is 2.31. The van der Waals surface area contributed by atoms with Gasteiger partial charge < -0.3 is 10.2 Å². The molecule has 204 valence electrons. The lowest BCUT2D eigenvalue weighted by Gasteiger charge is -2.35. The number of alkyl halides is 2. The summed E-state index contributed by atoms with van der Waals surface area (Å²) in [5, 5.41) is 6.56. The first-order valence-corrected chi connectivity index (χ1v) is 13.1. The van der Waals surface area contributed by atoms with Gasteiger partial charge in [-0.3, -0.25) is 14.6 Å². The summed E-state index contributed by atoms with van der Waals surface area (Å²) in [5.74, 6) is -1.24. The van der Waals surface area contributed by atoms with Gasteiger partial charge in [-0.05, 0) is 61.9 Å². The highest BCUT2D eigenvalue weighted by molar-refractivity contribution is 5.98. The number of halogens is 3. The minimum Gasteiger partial charge on any atom is -0.330 e. The van der Waals surface area contributed by atoms with Crippen LogP contribution in [0.2, 0.25) is 0 Å². The molecule has 1 N–H and O–H groups in total. The Bertz CT molecular complexity index is 1470. The van der Waals surface area contributed by atoms with Crippen LogP contribution in [0.3, 0.4) is 0 Å². The molecule has 1 aromatic carbocycles. The smallest absolute Gasteiger partial charge is 0.330 e. The monoisotopic (exact) mass is 537 g/mol. The Balaban J connectivity index is 1.55. The van der Waals surface area contributed by atoms with Gasteiger partial charge in [0.05, 0.1) is 29.3 Å². The molecule has 2 aliphatic rings. The van der Waals surface area contributed by atoms with E-state index in [0.717, 1.165) is 5.56 Å². The fourth-order valence-electron chi connectivity index (χ4n) is 5.47. The lowest BCUT2D eigenvalue weighted by atomic mass is 9.91. The average Bonchev–Trinajstić information content (AvgIpc) is 3.33. The number of aromatic nitrogens is 3. The maximum absolute atomic E-state index is 15.0. The van der Waals surface area contributed by atoms with E-state index in [-0.39, 0.29) is 34.9 Å². The van der Waals surface area contributed by atoms with Crippen molar-refractivity contribution in [1.29, 1.82) is 0 Å². The van der Waals surface area contributed by atoms with Crippen molar-refractivity contribution in [1.82, 2.24) is 19.7 Å². The molecular weight excluding hydrogens is 507 g/mol. The van der Waals surface area contributed by atoms with Gasteiger partial charge in [0.15, 0.2) is 0 Å². The number of carbonyl (C=O) groups is 2. The van der Waals surface area contributed by atoms with Crippen molar-refractivity contribution >= 4 is 23.1 Å². The number of rotatable bonds is 3. The number of pyridine rings is 1. The van der Waals surface area contributed by atoms with Gasteiger partial charge in [0.2, 0.25) is 11.8 Å². The molecule has 2 amide bonds. The number of nitrogens with zero attached hydrogens (tertiary/aromatic N) is 4. The number of fused-ring (bicyclic) bond motifs is 4. The first-order chi connectivity index (χ1) is 18.7. The van der Waals surface area contributed by atoms with E-state index < -0.39 is 12.6 Å². The summed E-state index contributed by atoms with van der Waals surface area (Å²) in [6, 6.07) is 6.39. The van der Waals surface area contributed by atoms with E-state index >= 15 is 4.39 Å². The van der Waals surface area contributed by atoms with E-state index in [1.54, 1.807) is 36.9 Å². The average molecular weight is 538 g/mol. The van der Waals surface area contributed by atoms with Crippen LogP contribution in [0.25, 0.3) is 16.8 Å². The molecule has 5 rings (SSSR count). The van der Waals surface area contributed by atoms with E-state index in [2.05, 4.69) is 15.4 Å². The molecule has 0 saturated heterocycles. The summed E-state index contributed by atoms with van der Waals surface area (Å²) in [6.07, 6.45) is 6.40. The molecule has 0 unspecified atom stereocenters. The molecule has 2 bridgehead atoms. The number of hydrogen-bond donors (Lipinski definition) is 1. The van der Waals surface area contributed by atoms with Gasteiger partial charge in [-0.15, -0.1) is 0 Å².